The molecule has 2 aromatic rings. The lowest BCUT2D eigenvalue weighted by atomic mass is 10.0. The number of carbonyl (C=O) groups excluding carboxylic acids is 1. The lowest BCUT2D eigenvalue weighted by Gasteiger charge is -2.15. The van der Waals surface area contributed by atoms with Crippen LogP contribution in [-0.4, -0.2) is 30.1 Å². The fourth-order valence-corrected chi connectivity index (χ4v) is 3.25. The monoisotopic (exact) mass is 313 g/mol. The van der Waals surface area contributed by atoms with E-state index in [1.807, 2.05) is 24.3 Å². The number of ether oxygens (including phenoxy) is 1. The van der Waals surface area contributed by atoms with Gasteiger partial charge < -0.3 is 15.2 Å². The Morgan fingerprint density at radius 1 is 1.13 bits per heavy atom. The van der Waals surface area contributed by atoms with Crippen LogP contribution in [0.15, 0.2) is 36.4 Å². The number of carboxylic acids is 1. The number of hydrogen-bond acceptors (Lipinski definition) is 3. The van der Waals surface area contributed by atoms with Gasteiger partial charge in [-0.3, -0.25) is 9.59 Å². The molecule has 120 valence electrons. The second kappa shape index (κ2) is 6.28. The van der Waals surface area contributed by atoms with E-state index in [1.165, 1.54) is 0 Å². The Bertz CT molecular complexity index is 756. The maximum Gasteiger partial charge on any atom is 0.306 e. The van der Waals surface area contributed by atoms with Crippen LogP contribution in [0.1, 0.15) is 29.6 Å². The third-order valence-electron chi connectivity index (χ3n) is 4.47. The molecule has 5 heteroatoms. The molecule has 0 aromatic heterocycles. The van der Waals surface area contributed by atoms with Gasteiger partial charge in [0.05, 0.1) is 13.0 Å². The molecular weight excluding hydrogens is 294 g/mol. The molecule has 1 fully saturated rings. The van der Waals surface area contributed by atoms with Gasteiger partial charge in [-0.2, -0.15) is 0 Å². The van der Waals surface area contributed by atoms with E-state index in [4.69, 9.17) is 9.84 Å². The van der Waals surface area contributed by atoms with Crippen LogP contribution in [0.5, 0.6) is 5.75 Å². The molecule has 0 aliphatic heterocycles. The van der Waals surface area contributed by atoms with Crippen molar-refractivity contribution in [2.75, 3.05) is 7.11 Å². The van der Waals surface area contributed by atoms with Gasteiger partial charge in [0, 0.05) is 17.0 Å². The maximum atomic E-state index is 12.6. The van der Waals surface area contributed by atoms with E-state index in [-0.39, 0.29) is 17.9 Å². The molecule has 0 bridgehead atoms. The highest BCUT2D eigenvalue weighted by Crippen LogP contribution is 2.29. The van der Waals surface area contributed by atoms with Gasteiger partial charge in [-0.25, -0.2) is 0 Å². The highest BCUT2D eigenvalue weighted by atomic mass is 16.5. The van der Waals surface area contributed by atoms with E-state index in [0.29, 0.717) is 24.8 Å². The molecule has 2 atom stereocenters. The number of methoxy groups -OCH3 is 1. The van der Waals surface area contributed by atoms with Gasteiger partial charge in [0.1, 0.15) is 5.75 Å². The summed E-state index contributed by atoms with van der Waals surface area (Å²) in [6.07, 6.45) is 1.82. The topological polar surface area (TPSA) is 75.6 Å². The summed E-state index contributed by atoms with van der Waals surface area (Å²) in [7, 11) is 1.60. The minimum absolute atomic E-state index is 0.0792. The second-order valence-electron chi connectivity index (χ2n) is 5.88. The van der Waals surface area contributed by atoms with Crippen LogP contribution in [0.4, 0.5) is 0 Å². The second-order valence-corrected chi connectivity index (χ2v) is 5.88. The normalized spacial score (nSPS) is 20.4. The molecule has 1 saturated carbocycles. The van der Waals surface area contributed by atoms with Crippen LogP contribution < -0.4 is 10.1 Å². The summed E-state index contributed by atoms with van der Waals surface area (Å²) in [5.41, 5.74) is 0.583. The van der Waals surface area contributed by atoms with Crippen LogP contribution in [0.3, 0.4) is 0 Å². The first-order valence-electron chi connectivity index (χ1n) is 7.69. The van der Waals surface area contributed by atoms with Crippen LogP contribution in [-0.2, 0) is 4.79 Å². The van der Waals surface area contributed by atoms with Crippen molar-refractivity contribution in [1.82, 2.24) is 5.32 Å². The highest BCUT2D eigenvalue weighted by Gasteiger charge is 2.30. The third kappa shape index (κ3) is 2.99. The van der Waals surface area contributed by atoms with E-state index in [0.717, 1.165) is 16.5 Å². The first kappa shape index (κ1) is 15.3. The molecule has 0 unspecified atom stereocenters. The highest BCUT2D eigenvalue weighted by molar-refractivity contribution is 6.08. The largest absolute Gasteiger partial charge is 0.496 e. The van der Waals surface area contributed by atoms with Crippen molar-refractivity contribution in [1.29, 1.82) is 0 Å². The molecule has 1 aliphatic rings. The fraction of sp³-hybridized carbons (Fsp3) is 0.333. The first-order valence-corrected chi connectivity index (χ1v) is 7.69. The van der Waals surface area contributed by atoms with Crippen molar-refractivity contribution < 1.29 is 19.4 Å². The lowest BCUT2D eigenvalue weighted by molar-refractivity contribution is -0.141. The summed E-state index contributed by atoms with van der Waals surface area (Å²) >= 11 is 0. The van der Waals surface area contributed by atoms with Gasteiger partial charge in [-0.15, -0.1) is 0 Å². The van der Waals surface area contributed by atoms with Crippen molar-refractivity contribution in [3.63, 3.8) is 0 Å². The number of fused-ring (bicyclic) bond motifs is 1. The number of hydrogen-bond donors (Lipinski definition) is 2. The number of amides is 1. The molecule has 0 heterocycles. The summed E-state index contributed by atoms with van der Waals surface area (Å²) in [6.45, 7) is 0. The zero-order valence-electron chi connectivity index (χ0n) is 12.9. The average molecular weight is 313 g/mol. The summed E-state index contributed by atoms with van der Waals surface area (Å²) in [4.78, 5) is 23.6. The Morgan fingerprint density at radius 3 is 2.52 bits per heavy atom. The van der Waals surface area contributed by atoms with Crippen molar-refractivity contribution in [2.24, 2.45) is 5.92 Å². The molecule has 2 aromatic carbocycles. The minimum atomic E-state index is -0.781. The Kier molecular flexibility index (Phi) is 4.19. The van der Waals surface area contributed by atoms with E-state index in [9.17, 15) is 9.59 Å². The number of nitrogens with one attached hydrogen (secondary N) is 1. The van der Waals surface area contributed by atoms with E-state index in [2.05, 4.69) is 5.32 Å². The van der Waals surface area contributed by atoms with Gasteiger partial charge in [0.25, 0.3) is 5.91 Å². The molecule has 0 saturated heterocycles. The lowest BCUT2D eigenvalue weighted by Crippen LogP contribution is -2.33. The molecule has 0 spiro atoms. The smallest absolute Gasteiger partial charge is 0.306 e. The van der Waals surface area contributed by atoms with Gasteiger partial charge in [-0.1, -0.05) is 24.3 Å². The number of carboxylic acid groups (broad SMARTS) is 1. The van der Waals surface area contributed by atoms with Crippen LogP contribution in [0.25, 0.3) is 10.8 Å². The molecule has 2 N–H and O–H groups in total. The first-order chi connectivity index (χ1) is 11.1. The summed E-state index contributed by atoms with van der Waals surface area (Å²) in [5, 5.41) is 13.7. The predicted molar refractivity (Wildman–Crippen MR) is 86.7 cm³/mol. The predicted octanol–water partition coefficient (Wildman–Crippen LogP) is 2.83. The average Bonchev–Trinajstić information content (AvgIpc) is 3.02. The zero-order valence-corrected chi connectivity index (χ0v) is 12.9. The van der Waals surface area contributed by atoms with Gasteiger partial charge in [0.15, 0.2) is 0 Å². The number of aliphatic carboxylic acids is 1. The van der Waals surface area contributed by atoms with Crippen LogP contribution in [0.2, 0.25) is 0 Å². The molecule has 1 amide bonds. The number of carbonyl (C=O) groups is 2. The zero-order chi connectivity index (χ0) is 16.4. The van der Waals surface area contributed by atoms with Crippen molar-refractivity contribution >= 4 is 22.6 Å². The maximum absolute atomic E-state index is 12.6. The number of rotatable bonds is 4. The molecule has 1 aliphatic carbocycles. The molecule has 3 rings (SSSR count). The SMILES string of the molecule is COc1ccc(C(=O)N[C@H]2CC[C@@H](C(=O)O)C2)c2ccccc12. The Morgan fingerprint density at radius 2 is 1.87 bits per heavy atom. The molecule has 0 radical (unpaired) electrons. The summed E-state index contributed by atoms with van der Waals surface area (Å²) in [6, 6.07) is 11.0. The van der Waals surface area contributed by atoms with Gasteiger partial charge >= 0.3 is 5.97 Å². The fourth-order valence-electron chi connectivity index (χ4n) is 3.25. The van der Waals surface area contributed by atoms with Crippen molar-refractivity contribution in [3.8, 4) is 5.75 Å². The van der Waals surface area contributed by atoms with E-state index in [1.54, 1.807) is 19.2 Å². The minimum Gasteiger partial charge on any atom is -0.496 e. The van der Waals surface area contributed by atoms with E-state index >= 15 is 0 Å². The molecule has 23 heavy (non-hydrogen) atoms. The molecular formula is C18H19NO4. The third-order valence-corrected chi connectivity index (χ3v) is 4.47. The Hall–Kier alpha value is -2.56. The summed E-state index contributed by atoms with van der Waals surface area (Å²) < 4.78 is 5.34. The van der Waals surface area contributed by atoms with Crippen molar-refractivity contribution in [2.45, 2.75) is 25.3 Å². The quantitative estimate of drug-likeness (QED) is 0.910. The Labute approximate surface area is 134 Å². The standard InChI is InChI=1S/C18H19NO4/c1-23-16-9-8-15(13-4-2-3-5-14(13)16)17(20)19-12-7-6-11(10-12)18(21)22/h2-5,8-9,11-12H,6-7,10H2,1H3,(H,19,20)(H,21,22)/t11-,12+/m1/s1. The van der Waals surface area contributed by atoms with E-state index < -0.39 is 5.97 Å². The summed E-state index contributed by atoms with van der Waals surface area (Å²) in [5.74, 6) is -0.576. The van der Waals surface area contributed by atoms with Crippen molar-refractivity contribution in [3.05, 3.63) is 42.0 Å². The van der Waals surface area contributed by atoms with Crippen LogP contribution in [0, 0.1) is 5.92 Å². The van der Waals surface area contributed by atoms with Crippen LogP contribution >= 0.6 is 0 Å². The Balaban J connectivity index is 1.83. The number of benzene rings is 2. The van der Waals surface area contributed by atoms with Gasteiger partial charge in [0.2, 0.25) is 0 Å². The van der Waals surface area contributed by atoms with Gasteiger partial charge in [-0.05, 0) is 36.8 Å². The molecule has 5 nitrogen and oxygen atoms in total.